The van der Waals surface area contributed by atoms with E-state index in [1.807, 2.05) is 24.3 Å². The average molecular weight is 291 g/mol. The fourth-order valence-corrected chi connectivity index (χ4v) is 2.47. The molecule has 2 rings (SSSR count). The zero-order valence-electron chi connectivity index (χ0n) is 12.8. The summed E-state index contributed by atoms with van der Waals surface area (Å²) >= 11 is 0. The Morgan fingerprint density at radius 1 is 1.29 bits per heavy atom. The molecule has 0 aromatic heterocycles. The van der Waals surface area contributed by atoms with E-state index >= 15 is 0 Å². The van der Waals surface area contributed by atoms with Crippen LogP contribution < -0.4 is 16.0 Å². The minimum atomic E-state index is -0.144. The van der Waals surface area contributed by atoms with Gasteiger partial charge in [-0.15, -0.1) is 0 Å². The van der Waals surface area contributed by atoms with Crippen LogP contribution in [0.15, 0.2) is 24.3 Å². The summed E-state index contributed by atoms with van der Waals surface area (Å²) in [4.78, 5) is 11.9. The Labute approximate surface area is 126 Å². The molecule has 0 spiro atoms. The number of carbonyl (C=O) groups is 1. The van der Waals surface area contributed by atoms with E-state index in [0.717, 1.165) is 38.3 Å². The third-order valence-corrected chi connectivity index (χ3v) is 3.74. The lowest BCUT2D eigenvalue weighted by molar-refractivity contribution is 0.0806. The van der Waals surface area contributed by atoms with Gasteiger partial charge in [0.25, 0.3) is 0 Å². The van der Waals surface area contributed by atoms with Crippen molar-refractivity contribution in [2.24, 2.45) is 0 Å². The molecule has 0 radical (unpaired) electrons. The van der Waals surface area contributed by atoms with E-state index in [-0.39, 0.29) is 12.1 Å². The number of benzene rings is 1. The van der Waals surface area contributed by atoms with Crippen molar-refractivity contribution in [1.82, 2.24) is 10.6 Å². The van der Waals surface area contributed by atoms with Gasteiger partial charge in [0.15, 0.2) is 0 Å². The highest BCUT2D eigenvalue weighted by atomic mass is 16.5. The van der Waals surface area contributed by atoms with Gasteiger partial charge in [0, 0.05) is 31.0 Å². The van der Waals surface area contributed by atoms with Gasteiger partial charge in [-0.2, -0.15) is 0 Å². The van der Waals surface area contributed by atoms with Crippen LogP contribution >= 0.6 is 0 Å². The molecule has 21 heavy (non-hydrogen) atoms. The standard InChI is InChI=1S/C16H25N3O2/c1-3-17-12(2)13-4-6-14(7-5-13)18-16(20)19-15-8-10-21-11-9-15/h4-7,12,15,17H,3,8-11H2,1-2H3,(H2,18,19,20). The summed E-state index contributed by atoms with van der Waals surface area (Å²) in [5.41, 5.74) is 2.03. The van der Waals surface area contributed by atoms with Crippen molar-refractivity contribution < 1.29 is 9.53 Å². The molecule has 3 N–H and O–H groups in total. The molecule has 1 aromatic carbocycles. The molecule has 1 aliphatic rings. The first kappa shape index (κ1) is 15.8. The van der Waals surface area contributed by atoms with Crippen molar-refractivity contribution in [3.8, 4) is 0 Å². The van der Waals surface area contributed by atoms with Gasteiger partial charge in [0.2, 0.25) is 0 Å². The maximum absolute atomic E-state index is 11.9. The Balaban J connectivity index is 1.83. The summed E-state index contributed by atoms with van der Waals surface area (Å²) in [5, 5.41) is 9.22. The summed E-state index contributed by atoms with van der Waals surface area (Å²) in [7, 11) is 0. The smallest absolute Gasteiger partial charge is 0.319 e. The Bertz CT molecular complexity index is 441. The third-order valence-electron chi connectivity index (χ3n) is 3.74. The van der Waals surface area contributed by atoms with E-state index in [1.54, 1.807) is 0 Å². The van der Waals surface area contributed by atoms with Gasteiger partial charge in [0.05, 0.1) is 0 Å². The maximum atomic E-state index is 11.9. The lowest BCUT2D eigenvalue weighted by Crippen LogP contribution is -2.41. The van der Waals surface area contributed by atoms with Gasteiger partial charge >= 0.3 is 6.03 Å². The number of rotatable bonds is 5. The van der Waals surface area contributed by atoms with Crippen LogP contribution in [0.5, 0.6) is 0 Å². The van der Waals surface area contributed by atoms with Gasteiger partial charge in [-0.1, -0.05) is 19.1 Å². The van der Waals surface area contributed by atoms with Crippen LogP contribution in [0.25, 0.3) is 0 Å². The van der Waals surface area contributed by atoms with Crippen molar-refractivity contribution in [3.63, 3.8) is 0 Å². The summed E-state index contributed by atoms with van der Waals surface area (Å²) in [6.45, 7) is 6.61. The second-order valence-corrected chi connectivity index (χ2v) is 5.39. The van der Waals surface area contributed by atoms with Crippen LogP contribution in [-0.4, -0.2) is 31.8 Å². The highest BCUT2D eigenvalue weighted by Gasteiger charge is 2.15. The van der Waals surface area contributed by atoms with Gasteiger partial charge < -0.3 is 20.7 Å². The van der Waals surface area contributed by atoms with E-state index in [0.29, 0.717) is 6.04 Å². The van der Waals surface area contributed by atoms with E-state index in [1.165, 1.54) is 5.56 Å². The number of hydrogen-bond donors (Lipinski definition) is 3. The molecule has 0 aliphatic carbocycles. The minimum Gasteiger partial charge on any atom is -0.381 e. The summed E-state index contributed by atoms with van der Waals surface area (Å²) in [6.07, 6.45) is 1.76. The van der Waals surface area contributed by atoms with E-state index in [2.05, 4.69) is 29.8 Å². The number of hydrogen-bond acceptors (Lipinski definition) is 3. The van der Waals surface area contributed by atoms with Gasteiger partial charge in [-0.25, -0.2) is 4.79 Å². The monoisotopic (exact) mass is 291 g/mol. The highest BCUT2D eigenvalue weighted by molar-refractivity contribution is 5.89. The van der Waals surface area contributed by atoms with Gasteiger partial charge in [-0.3, -0.25) is 0 Å². The predicted octanol–water partition coefficient (Wildman–Crippen LogP) is 2.66. The van der Waals surface area contributed by atoms with E-state index in [4.69, 9.17) is 4.74 Å². The Morgan fingerprint density at radius 3 is 2.57 bits per heavy atom. The molecule has 1 saturated heterocycles. The van der Waals surface area contributed by atoms with Crippen LogP contribution in [0.3, 0.4) is 0 Å². The Hall–Kier alpha value is -1.59. The largest absolute Gasteiger partial charge is 0.381 e. The molecule has 5 nitrogen and oxygen atoms in total. The maximum Gasteiger partial charge on any atom is 0.319 e. The molecule has 1 aliphatic heterocycles. The van der Waals surface area contributed by atoms with Crippen LogP contribution in [0, 0.1) is 0 Å². The molecule has 116 valence electrons. The molecule has 0 bridgehead atoms. The molecule has 1 unspecified atom stereocenters. The fourth-order valence-electron chi connectivity index (χ4n) is 2.47. The molecule has 1 fully saturated rings. The SMILES string of the molecule is CCNC(C)c1ccc(NC(=O)NC2CCOCC2)cc1. The molecule has 1 aromatic rings. The first-order chi connectivity index (χ1) is 10.2. The molecule has 1 heterocycles. The Kier molecular flexibility index (Phi) is 6.02. The number of ether oxygens (including phenoxy) is 1. The number of urea groups is 1. The quantitative estimate of drug-likeness (QED) is 0.781. The van der Waals surface area contributed by atoms with Crippen molar-refractivity contribution in [2.75, 3.05) is 25.1 Å². The summed E-state index contributed by atoms with van der Waals surface area (Å²) < 4.78 is 5.28. The second kappa shape index (κ2) is 8.00. The highest BCUT2D eigenvalue weighted by Crippen LogP contribution is 2.16. The Morgan fingerprint density at radius 2 is 1.95 bits per heavy atom. The molecular formula is C16H25N3O2. The first-order valence-electron chi connectivity index (χ1n) is 7.67. The van der Waals surface area contributed by atoms with Gasteiger partial charge in [-0.05, 0) is 44.0 Å². The van der Waals surface area contributed by atoms with E-state index < -0.39 is 0 Å². The zero-order valence-corrected chi connectivity index (χ0v) is 12.8. The minimum absolute atomic E-state index is 0.144. The zero-order chi connectivity index (χ0) is 15.1. The van der Waals surface area contributed by atoms with Crippen LogP contribution in [-0.2, 0) is 4.74 Å². The third kappa shape index (κ3) is 5.02. The van der Waals surface area contributed by atoms with E-state index in [9.17, 15) is 4.79 Å². The topological polar surface area (TPSA) is 62.4 Å². The first-order valence-corrected chi connectivity index (χ1v) is 7.67. The molecule has 5 heteroatoms. The number of nitrogens with one attached hydrogen (secondary N) is 3. The lowest BCUT2D eigenvalue weighted by atomic mass is 10.1. The second-order valence-electron chi connectivity index (χ2n) is 5.39. The van der Waals surface area contributed by atoms with Crippen LogP contribution in [0.4, 0.5) is 10.5 Å². The van der Waals surface area contributed by atoms with Gasteiger partial charge in [0.1, 0.15) is 0 Å². The average Bonchev–Trinajstić information content (AvgIpc) is 2.49. The van der Waals surface area contributed by atoms with Crippen LogP contribution in [0.2, 0.25) is 0 Å². The molecular weight excluding hydrogens is 266 g/mol. The summed E-state index contributed by atoms with van der Waals surface area (Å²) in [5.74, 6) is 0. The normalized spacial score (nSPS) is 17.2. The van der Waals surface area contributed by atoms with Crippen molar-refractivity contribution in [2.45, 2.75) is 38.8 Å². The molecule has 1 atom stereocenters. The fraction of sp³-hybridized carbons (Fsp3) is 0.562. The summed E-state index contributed by atoms with van der Waals surface area (Å²) in [6, 6.07) is 8.34. The molecule has 0 saturated carbocycles. The van der Waals surface area contributed by atoms with Crippen LogP contribution in [0.1, 0.15) is 38.3 Å². The lowest BCUT2D eigenvalue weighted by Gasteiger charge is -2.23. The van der Waals surface area contributed by atoms with Crippen molar-refractivity contribution >= 4 is 11.7 Å². The van der Waals surface area contributed by atoms with Crippen molar-refractivity contribution in [1.29, 1.82) is 0 Å². The molecule has 2 amide bonds. The van der Waals surface area contributed by atoms with Crippen molar-refractivity contribution in [3.05, 3.63) is 29.8 Å². The number of carbonyl (C=O) groups excluding carboxylic acids is 1. The number of anilines is 1. The number of amides is 2. The predicted molar refractivity (Wildman–Crippen MR) is 84.5 cm³/mol.